The fraction of sp³-hybridized carbons (Fsp3) is 0.238. The summed E-state index contributed by atoms with van der Waals surface area (Å²) in [7, 11) is 0. The first kappa shape index (κ1) is 20.1. The molecule has 2 aromatic heterocycles. The van der Waals surface area contributed by atoms with Gasteiger partial charge in [-0.3, -0.25) is 9.59 Å². The predicted octanol–water partition coefficient (Wildman–Crippen LogP) is 3.51. The van der Waals surface area contributed by atoms with Crippen molar-refractivity contribution in [3.8, 4) is 5.75 Å². The molecule has 3 N–H and O–H groups in total. The molecule has 0 saturated heterocycles. The molecule has 0 atom stereocenters. The second kappa shape index (κ2) is 8.14. The van der Waals surface area contributed by atoms with Crippen molar-refractivity contribution in [2.24, 2.45) is 0 Å². The zero-order chi connectivity index (χ0) is 21.0. The SMILES string of the molecule is CC(C)(C)c1cc(NC(=O)Cc2ccc(NC(=O)c3ccc(O)cn3)cc2)no1. The van der Waals surface area contributed by atoms with Gasteiger partial charge in [0.2, 0.25) is 5.91 Å². The molecule has 3 rings (SSSR count). The topological polar surface area (TPSA) is 117 Å². The highest BCUT2D eigenvalue weighted by Crippen LogP contribution is 2.24. The minimum atomic E-state index is -0.392. The number of nitrogens with one attached hydrogen (secondary N) is 2. The van der Waals surface area contributed by atoms with Crippen LogP contribution in [0.1, 0.15) is 42.6 Å². The maximum absolute atomic E-state index is 12.2. The summed E-state index contributed by atoms with van der Waals surface area (Å²) >= 11 is 0. The zero-order valence-electron chi connectivity index (χ0n) is 16.4. The number of carbonyl (C=O) groups excluding carboxylic acids is 2. The molecule has 8 heteroatoms. The van der Waals surface area contributed by atoms with E-state index >= 15 is 0 Å². The van der Waals surface area contributed by atoms with E-state index in [4.69, 9.17) is 4.52 Å². The molecule has 0 aliphatic carbocycles. The van der Waals surface area contributed by atoms with Crippen LogP contribution in [0.15, 0.2) is 53.2 Å². The van der Waals surface area contributed by atoms with Gasteiger partial charge in [0, 0.05) is 17.2 Å². The third-order valence-electron chi connectivity index (χ3n) is 4.07. The second-order valence-electron chi connectivity index (χ2n) is 7.60. The zero-order valence-corrected chi connectivity index (χ0v) is 16.4. The lowest BCUT2D eigenvalue weighted by molar-refractivity contribution is -0.115. The van der Waals surface area contributed by atoms with Crippen LogP contribution in [-0.4, -0.2) is 27.1 Å². The number of hydrogen-bond acceptors (Lipinski definition) is 6. The van der Waals surface area contributed by atoms with E-state index in [0.29, 0.717) is 17.3 Å². The lowest BCUT2D eigenvalue weighted by Crippen LogP contribution is -2.15. The van der Waals surface area contributed by atoms with E-state index in [9.17, 15) is 14.7 Å². The number of carbonyl (C=O) groups is 2. The maximum Gasteiger partial charge on any atom is 0.274 e. The first-order chi connectivity index (χ1) is 13.7. The van der Waals surface area contributed by atoms with Crippen LogP contribution >= 0.6 is 0 Å². The number of hydrogen-bond donors (Lipinski definition) is 3. The number of nitrogens with zero attached hydrogens (tertiary/aromatic N) is 2. The molecule has 0 aliphatic rings. The lowest BCUT2D eigenvalue weighted by atomic mass is 9.93. The van der Waals surface area contributed by atoms with Crippen LogP contribution in [-0.2, 0) is 16.6 Å². The summed E-state index contributed by atoms with van der Waals surface area (Å²) in [6.07, 6.45) is 1.36. The molecule has 0 bridgehead atoms. The van der Waals surface area contributed by atoms with E-state index in [2.05, 4.69) is 20.8 Å². The van der Waals surface area contributed by atoms with Gasteiger partial charge in [-0.25, -0.2) is 4.98 Å². The Labute approximate surface area is 168 Å². The van der Waals surface area contributed by atoms with E-state index < -0.39 is 5.91 Å². The van der Waals surface area contributed by atoms with E-state index in [1.54, 1.807) is 30.3 Å². The van der Waals surface area contributed by atoms with Crippen molar-refractivity contribution in [1.82, 2.24) is 10.1 Å². The molecule has 3 aromatic rings. The molecule has 2 amide bonds. The Bertz CT molecular complexity index is 1000. The summed E-state index contributed by atoms with van der Waals surface area (Å²) in [4.78, 5) is 28.2. The number of amides is 2. The van der Waals surface area contributed by atoms with Crippen LogP contribution in [0.4, 0.5) is 11.5 Å². The molecule has 150 valence electrons. The summed E-state index contributed by atoms with van der Waals surface area (Å²) in [5, 5.41) is 18.5. The third-order valence-corrected chi connectivity index (χ3v) is 4.07. The molecule has 0 aliphatic heterocycles. The molecule has 2 heterocycles. The minimum Gasteiger partial charge on any atom is -0.506 e. The summed E-state index contributed by atoms with van der Waals surface area (Å²) in [5.41, 5.74) is 1.35. The fourth-order valence-corrected chi connectivity index (χ4v) is 2.48. The Morgan fingerprint density at radius 1 is 1.07 bits per heavy atom. The van der Waals surface area contributed by atoms with Crippen molar-refractivity contribution in [1.29, 1.82) is 0 Å². The Balaban J connectivity index is 1.56. The van der Waals surface area contributed by atoms with Gasteiger partial charge < -0.3 is 20.3 Å². The standard InChI is InChI=1S/C21H22N4O4/c1-21(2,3)17-11-18(25-29-17)24-19(27)10-13-4-6-14(7-5-13)23-20(28)16-9-8-15(26)12-22-16/h4-9,11-12,26H,10H2,1-3H3,(H,23,28)(H,24,25,27). The monoisotopic (exact) mass is 394 g/mol. The Morgan fingerprint density at radius 2 is 1.79 bits per heavy atom. The van der Waals surface area contributed by atoms with Gasteiger partial charge in [-0.15, -0.1) is 0 Å². The molecule has 29 heavy (non-hydrogen) atoms. The molecule has 0 saturated carbocycles. The average Bonchev–Trinajstić information content (AvgIpc) is 3.12. The number of pyridine rings is 1. The smallest absolute Gasteiger partial charge is 0.274 e. The van der Waals surface area contributed by atoms with Crippen molar-refractivity contribution in [2.75, 3.05) is 10.6 Å². The van der Waals surface area contributed by atoms with Crippen molar-refractivity contribution < 1.29 is 19.2 Å². The van der Waals surface area contributed by atoms with Gasteiger partial charge in [0.1, 0.15) is 17.2 Å². The van der Waals surface area contributed by atoms with Gasteiger partial charge in [0.25, 0.3) is 5.91 Å². The van der Waals surface area contributed by atoms with Crippen molar-refractivity contribution in [2.45, 2.75) is 32.6 Å². The van der Waals surface area contributed by atoms with Gasteiger partial charge in [0.05, 0.1) is 12.6 Å². The molecule has 0 spiro atoms. The van der Waals surface area contributed by atoms with Crippen LogP contribution < -0.4 is 10.6 Å². The van der Waals surface area contributed by atoms with Gasteiger partial charge in [0.15, 0.2) is 5.82 Å². The quantitative estimate of drug-likeness (QED) is 0.610. The molecule has 8 nitrogen and oxygen atoms in total. The maximum atomic E-state index is 12.2. The Morgan fingerprint density at radius 3 is 2.38 bits per heavy atom. The third kappa shape index (κ3) is 5.41. The van der Waals surface area contributed by atoms with E-state index in [1.165, 1.54) is 18.3 Å². The largest absolute Gasteiger partial charge is 0.506 e. The molecule has 0 radical (unpaired) electrons. The summed E-state index contributed by atoms with van der Waals surface area (Å²) < 4.78 is 5.25. The van der Waals surface area contributed by atoms with Crippen molar-refractivity contribution in [3.63, 3.8) is 0 Å². The van der Waals surface area contributed by atoms with Gasteiger partial charge >= 0.3 is 0 Å². The molecule has 0 unspecified atom stereocenters. The highest BCUT2D eigenvalue weighted by molar-refractivity contribution is 6.02. The lowest BCUT2D eigenvalue weighted by Gasteiger charge is -2.12. The van der Waals surface area contributed by atoms with E-state index in [0.717, 1.165) is 5.56 Å². The summed E-state index contributed by atoms with van der Waals surface area (Å²) in [6, 6.07) is 11.4. The van der Waals surface area contributed by atoms with Crippen LogP contribution in [0.25, 0.3) is 0 Å². The highest BCUT2D eigenvalue weighted by atomic mass is 16.5. The fourth-order valence-electron chi connectivity index (χ4n) is 2.48. The number of anilines is 2. The van der Waals surface area contributed by atoms with Crippen molar-refractivity contribution in [3.05, 3.63) is 65.7 Å². The average molecular weight is 394 g/mol. The Hall–Kier alpha value is -3.68. The predicted molar refractivity (Wildman–Crippen MR) is 108 cm³/mol. The first-order valence-electron chi connectivity index (χ1n) is 9.03. The number of rotatable bonds is 5. The minimum absolute atomic E-state index is 0.00979. The molecule has 0 fully saturated rings. The number of benzene rings is 1. The molecular weight excluding hydrogens is 372 g/mol. The van der Waals surface area contributed by atoms with Crippen LogP contribution in [0.5, 0.6) is 5.75 Å². The number of aromatic hydroxyl groups is 1. The van der Waals surface area contributed by atoms with Gasteiger partial charge in [-0.2, -0.15) is 0 Å². The van der Waals surface area contributed by atoms with Gasteiger partial charge in [-0.1, -0.05) is 38.1 Å². The van der Waals surface area contributed by atoms with E-state index in [1.807, 2.05) is 20.8 Å². The van der Waals surface area contributed by atoms with E-state index in [-0.39, 0.29) is 29.2 Å². The second-order valence-corrected chi connectivity index (χ2v) is 7.60. The van der Waals surface area contributed by atoms with Gasteiger partial charge in [-0.05, 0) is 29.8 Å². The molecule has 1 aromatic carbocycles. The van der Waals surface area contributed by atoms with Crippen LogP contribution in [0, 0.1) is 0 Å². The summed E-state index contributed by atoms with van der Waals surface area (Å²) in [5.74, 6) is 0.450. The molecular formula is C21H22N4O4. The van der Waals surface area contributed by atoms with Crippen LogP contribution in [0.3, 0.4) is 0 Å². The first-order valence-corrected chi connectivity index (χ1v) is 9.03. The van der Waals surface area contributed by atoms with Crippen molar-refractivity contribution >= 4 is 23.3 Å². The highest BCUT2D eigenvalue weighted by Gasteiger charge is 2.20. The Kier molecular flexibility index (Phi) is 5.63. The summed E-state index contributed by atoms with van der Waals surface area (Å²) in [6.45, 7) is 5.99. The number of aromatic nitrogens is 2. The normalized spacial score (nSPS) is 11.1. The van der Waals surface area contributed by atoms with Crippen LogP contribution in [0.2, 0.25) is 0 Å².